The summed E-state index contributed by atoms with van der Waals surface area (Å²) in [5.74, 6) is -0.290. The van der Waals surface area contributed by atoms with E-state index in [-0.39, 0.29) is 34.7 Å². The third kappa shape index (κ3) is 3.90. The van der Waals surface area contributed by atoms with E-state index in [4.69, 9.17) is 4.74 Å². The number of allylic oxidation sites excluding steroid dienone is 4. The van der Waals surface area contributed by atoms with Crippen LogP contribution in [-0.2, 0) is 25.2 Å². The summed E-state index contributed by atoms with van der Waals surface area (Å²) in [6.07, 6.45) is 11.6. The van der Waals surface area contributed by atoms with Crippen molar-refractivity contribution in [3.8, 4) is 0 Å². The Bertz CT molecular complexity index is 1030. The van der Waals surface area contributed by atoms with Gasteiger partial charge in [-0.2, -0.15) is 0 Å². The van der Waals surface area contributed by atoms with Crippen LogP contribution < -0.4 is 4.90 Å². The second-order valence-electron chi connectivity index (χ2n) is 9.99. The fraction of sp³-hybridized carbons (Fsp3) is 0.423. The number of likely N-dealkylation sites (N-methyl/N-ethyl adjacent to an activating group) is 1. The molecule has 1 aromatic carbocycles. The van der Waals surface area contributed by atoms with Gasteiger partial charge in [0.1, 0.15) is 5.57 Å². The minimum absolute atomic E-state index is 0.0175. The average Bonchev–Trinajstić information content (AvgIpc) is 3.00. The molecule has 1 aromatic rings. The van der Waals surface area contributed by atoms with Crippen LogP contribution in [0.15, 0.2) is 47.1 Å². The normalized spacial score (nSPS) is 22.6. The molecule has 3 heterocycles. The summed E-state index contributed by atoms with van der Waals surface area (Å²) in [6, 6.07) is 4.65. The molecular formula is C26H31N3O3. The molecule has 0 radical (unpaired) electrons. The molecule has 0 fully saturated rings. The highest BCUT2D eigenvalue weighted by molar-refractivity contribution is 6.22. The van der Waals surface area contributed by atoms with E-state index in [1.807, 2.05) is 12.2 Å². The lowest BCUT2D eigenvalue weighted by Gasteiger charge is -2.48. The predicted molar refractivity (Wildman–Crippen MR) is 128 cm³/mol. The molecule has 0 spiro atoms. The molecule has 32 heavy (non-hydrogen) atoms. The molecule has 0 saturated carbocycles. The maximum absolute atomic E-state index is 12.1. The fourth-order valence-electron chi connectivity index (χ4n) is 4.72. The molecule has 6 heteroatoms. The molecule has 1 amide bonds. The lowest BCUT2D eigenvalue weighted by molar-refractivity contribution is -0.124. The van der Waals surface area contributed by atoms with Crippen molar-refractivity contribution in [2.75, 3.05) is 25.0 Å². The van der Waals surface area contributed by atoms with Crippen LogP contribution in [0.2, 0.25) is 0 Å². The van der Waals surface area contributed by atoms with E-state index in [9.17, 15) is 9.59 Å². The Morgan fingerprint density at radius 1 is 1.00 bits per heavy atom. The lowest BCUT2D eigenvalue weighted by Crippen LogP contribution is -2.44. The highest BCUT2D eigenvalue weighted by atomic mass is 16.5. The smallest absolute Gasteiger partial charge is 0.299 e. The molecule has 4 rings (SSSR count). The van der Waals surface area contributed by atoms with Crippen LogP contribution in [0.4, 0.5) is 5.69 Å². The molecule has 168 valence electrons. The molecule has 0 aliphatic carbocycles. The van der Waals surface area contributed by atoms with Gasteiger partial charge in [0.15, 0.2) is 0 Å². The first-order chi connectivity index (χ1) is 15.1. The maximum Gasteiger partial charge on any atom is 0.299 e. The lowest BCUT2D eigenvalue weighted by atomic mass is 9.69. The van der Waals surface area contributed by atoms with Gasteiger partial charge >= 0.3 is 0 Å². The minimum atomic E-state index is -0.307. The molecule has 0 atom stereocenters. The SMILES string of the molecule is CN1N=C(OC=O)C(=CC=CC=Cc2cc3c4c(c2)C(C)(C)CCN4CCC3(C)C)C1=O. The summed E-state index contributed by atoms with van der Waals surface area (Å²) in [6.45, 7) is 11.9. The standard InChI is InChI=1S/C26H31N3O3/c1-25(2)11-13-29-14-12-26(3,4)21-16-18(15-20(25)22(21)29)9-7-6-8-10-19-23(32-17-30)27-28(5)24(19)31/h6-10,15-17H,11-14H2,1-5H3. The van der Waals surface area contributed by atoms with Gasteiger partial charge in [0.25, 0.3) is 18.3 Å². The predicted octanol–water partition coefficient (Wildman–Crippen LogP) is 4.31. The monoisotopic (exact) mass is 433 g/mol. The van der Waals surface area contributed by atoms with Crippen molar-refractivity contribution in [2.24, 2.45) is 5.10 Å². The van der Waals surface area contributed by atoms with E-state index in [1.165, 1.54) is 29.4 Å². The summed E-state index contributed by atoms with van der Waals surface area (Å²) in [5.41, 5.74) is 6.07. The number of hydrazone groups is 1. The van der Waals surface area contributed by atoms with Crippen LogP contribution in [0.3, 0.4) is 0 Å². The first kappa shape index (κ1) is 22.1. The molecular weight excluding hydrogens is 402 g/mol. The van der Waals surface area contributed by atoms with Crippen molar-refractivity contribution >= 4 is 30.0 Å². The summed E-state index contributed by atoms with van der Waals surface area (Å²) in [4.78, 5) is 25.3. The zero-order chi connectivity index (χ0) is 23.1. The average molecular weight is 434 g/mol. The minimum Gasteiger partial charge on any atom is -0.407 e. The van der Waals surface area contributed by atoms with Gasteiger partial charge in [0, 0.05) is 25.8 Å². The molecule has 3 aliphatic rings. The Morgan fingerprint density at radius 2 is 1.62 bits per heavy atom. The van der Waals surface area contributed by atoms with Gasteiger partial charge in [-0.1, -0.05) is 52.0 Å². The van der Waals surface area contributed by atoms with Crippen molar-refractivity contribution in [1.82, 2.24) is 5.01 Å². The number of anilines is 1. The van der Waals surface area contributed by atoms with Gasteiger partial charge in [-0.3, -0.25) is 9.59 Å². The first-order valence-electron chi connectivity index (χ1n) is 11.1. The van der Waals surface area contributed by atoms with Crippen molar-refractivity contribution < 1.29 is 14.3 Å². The number of rotatable bonds is 4. The van der Waals surface area contributed by atoms with E-state index in [0.717, 1.165) is 30.9 Å². The van der Waals surface area contributed by atoms with E-state index < -0.39 is 0 Å². The zero-order valence-electron chi connectivity index (χ0n) is 19.5. The van der Waals surface area contributed by atoms with Gasteiger partial charge in [-0.15, -0.1) is 5.10 Å². The Balaban J connectivity index is 1.61. The van der Waals surface area contributed by atoms with Crippen LogP contribution in [0, 0.1) is 0 Å². The molecule has 3 aliphatic heterocycles. The number of hydrogen-bond acceptors (Lipinski definition) is 5. The van der Waals surface area contributed by atoms with Crippen LogP contribution in [0.1, 0.15) is 57.2 Å². The Kier molecular flexibility index (Phi) is 5.57. The highest BCUT2D eigenvalue weighted by Crippen LogP contribution is 2.49. The van der Waals surface area contributed by atoms with Crippen molar-refractivity contribution in [3.05, 3.63) is 58.7 Å². The number of benzene rings is 1. The van der Waals surface area contributed by atoms with E-state index in [2.05, 4.69) is 55.9 Å². The van der Waals surface area contributed by atoms with E-state index in [1.54, 1.807) is 12.2 Å². The fourth-order valence-corrected chi connectivity index (χ4v) is 4.72. The molecule has 0 saturated heterocycles. The zero-order valence-corrected chi connectivity index (χ0v) is 19.5. The van der Waals surface area contributed by atoms with Crippen LogP contribution in [0.25, 0.3) is 6.08 Å². The quantitative estimate of drug-likeness (QED) is 0.403. The van der Waals surface area contributed by atoms with Gasteiger partial charge in [0.2, 0.25) is 0 Å². The second-order valence-corrected chi connectivity index (χ2v) is 9.99. The Hall–Kier alpha value is -3.15. The van der Waals surface area contributed by atoms with Crippen molar-refractivity contribution in [1.29, 1.82) is 0 Å². The molecule has 0 aromatic heterocycles. The Morgan fingerprint density at radius 3 is 2.22 bits per heavy atom. The maximum atomic E-state index is 12.1. The largest absolute Gasteiger partial charge is 0.407 e. The van der Waals surface area contributed by atoms with Gasteiger partial charge in [0.05, 0.1) is 0 Å². The summed E-state index contributed by atoms with van der Waals surface area (Å²) < 4.78 is 4.80. The summed E-state index contributed by atoms with van der Waals surface area (Å²) >= 11 is 0. The van der Waals surface area contributed by atoms with E-state index >= 15 is 0 Å². The highest BCUT2D eigenvalue weighted by Gasteiger charge is 2.39. The first-order valence-corrected chi connectivity index (χ1v) is 11.1. The number of amides is 1. The van der Waals surface area contributed by atoms with Crippen LogP contribution in [-0.4, -0.2) is 43.4 Å². The number of nitrogens with zero attached hydrogens (tertiary/aromatic N) is 3. The Labute approximate surface area is 189 Å². The number of hydrogen-bond donors (Lipinski definition) is 0. The van der Waals surface area contributed by atoms with Gasteiger partial charge in [-0.25, -0.2) is 5.01 Å². The molecule has 0 N–H and O–H groups in total. The molecule has 6 nitrogen and oxygen atoms in total. The topological polar surface area (TPSA) is 62.2 Å². The molecule has 0 bridgehead atoms. The van der Waals surface area contributed by atoms with E-state index in [0.29, 0.717) is 0 Å². The van der Waals surface area contributed by atoms with Crippen LogP contribution in [0.5, 0.6) is 0 Å². The second kappa shape index (κ2) is 8.08. The third-order valence-corrected chi connectivity index (χ3v) is 6.85. The van der Waals surface area contributed by atoms with Crippen LogP contribution >= 0.6 is 0 Å². The van der Waals surface area contributed by atoms with Gasteiger partial charge < -0.3 is 9.64 Å². The number of carbonyl (C=O) groups excluding carboxylic acids is 2. The number of carbonyl (C=O) groups is 2. The van der Waals surface area contributed by atoms with Gasteiger partial charge in [-0.05, 0) is 58.6 Å². The third-order valence-electron chi connectivity index (χ3n) is 6.85. The van der Waals surface area contributed by atoms with Crippen molar-refractivity contribution in [2.45, 2.75) is 51.4 Å². The summed E-state index contributed by atoms with van der Waals surface area (Å²) in [7, 11) is 1.52. The molecule has 0 unspecified atom stereocenters. The summed E-state index contributed by atoms with van der Waals surface area (Å²) in [5, 5.41) is 5.06. The van der Waals surface area contributed by atoms with Crippen molar-refractivity contribution in [3.63, 3.8) is 0 Å². The number of ether oxygens (including phenoxy) is 1.